The van der Waals surface area contributed by atoms with Crippen molar-refractivity contribution in [2.24, 2.45) is 5.73 Å². The van der Waals surface area contributed by atoms with E-state index >= 15 is 0 Å². The molecule has 1 heterocycles. The van der Waals surface area contributed by atoms with Crippen LogP contribution in [-0.2, 0) is 19.4 Å². The first kappa shape index (κ1) is 13.1. The maximum Gasteiger partial charge on any atom is 0.255 e. The lowest BCUT2D eigenvalue weighted by molar-refractivity contribution is 0.663. The largest absolute Gasteiger partial charge is 0.320 e. The van der Waals surface area contributed by atoms with Crippen LogP contribution in [0.15, 0.2) is 41.2 Å². The molecule has 3 nitrogen and oxygen atoms in total. The second-order valence-corrected chi connectivity index (χ2v) is 5.36. The van der Waals surface area contributed by atoms with Crippen molar-refractivity contribution >= 4 is 0 Å². The predicted octanol–water partition coefficient (Wildman–Crippen LogP) is 2.41. The molecule has 2 N–H and O–H groups in total. The number of benzene rings is 1. The maximum atomic E-state index is 12.7. The van der Waals surface area contributed by atoms with Crippen LogP contribution in [0, 0.1) is 0 Å². The molecule has 1 aliphatic rings. The number of pyridine rings is 1. The van der Waals surface area contributed by atoms with Gasteiger partial charge in [0.15, 0.2) is 0 Å². The summed E-state index contributed by atoms with van der Waals surface area (Å²) < 4.78 is 1.90. The van der Waals surface area contributed by atoms with Gasteiger partial charge < -0.3 is 10.3 Å². The third-order valence-corrected chi connectivity index (χ3v) is 4.19. The fraction of sp³-hybridized carbons (Fsp3) is 0.353. The Labute approximate surface area is 119 Å². The molecule has 1 aliphatic carbocycles. The predicted molar refractivity (Wildman–Crippen MR) is 80.9 cm³/mol. The van der Waals surface area contributed by atoms with Gasteiger partial charge in [-0.1, -0.05) is 30.3 Å². The number of hydrogen-bond donors (Lipinski definition) is 1. The molecule has 1 aromatic heterocycles. The summed E-state index contributed by atoms with van der Waals surface area (Å²) in [6.45, 7) is 2.74. The number of hydrogen-bond acceptors (Lipinski definition) is 2. The van der Waals surface area contributed by atoms with Crippen LogP contribution < -0.4 is 11.3 Å². The molecule has 0 saturated carbocycles. The Morgan fingerprint density at radius 2 is 2.00 bits per heavy atom. The molecule has 3 rings (SSSR count). The first-order valence-electron chi connectivity index (χ1n) is 7.28. The van der Waals surface area contributed by atoms with Gasteiger partial charge in [0.1, 0.15) is 0 Å². The molecule has 0 fully saturated rings. The molecular weight excluding hydrogens is 248 g/mol. The van der Waals surface area contributed by atoms with Crippen molar-refractivity contribution in [2.45, 2.75) is 38.8 Å². The Bertz CT molecular complexity index is 673. The molecule has 2 aromatic rings. The van der Waals surface area contributed by atoms with Gasteiger partial charge in [-0.25, -0.2) is 0 Å². The first-order chi connectivity index (χ1) is 9.72. The van der Waals surface area contributed by atoms with E-state index in [0.717, 1.165) is 36.9 Å². The van der Waals surface area contributed by atoms with E-state index in [1.54, 1.807) is 0 Å². The zero-order chi connectivity index (χ0) is 14.1. The van der Waals surface area contributed by atoms with E-state index in [1.807, 2.05) is 47.9 Å². The average molecular weight is 268 g/mol. The number of nitrogens with two attached hydrogens (primary N) is 1. The van der Waals surface area contributed by atoms with E-state index in [0.29, 0.717) is 0 Å². The Balaban J connectivity index is 2.13. The molecule has 0 radical (unpaired) electrons. The molecule has 0 saturated heterocycles. The van der Waals surface area contributed by atoms with Gasteiger partial charge in [0.25, 0.3) is 5.56 Å². The van der Waals surface area contributed by atoms with Crippen LogP contribution in [0.1, 0.15) is 41.8 Å². The SMILES string of the molecule is CCn1c2c(cc(C(N)c3ccccc3)c1=O)CCC2. The monoisotopic (exact) mass is 268 g/mol. The average Bonchev–Trinajstić information content (AvgIpc) is 2.95. The highest BCUT2D eigenvalue weighted by atomic mass is 16.1. The van der Waals surface area contributed by atoms with Crippen LogP contribution in [0.4, 0.5) is 0 Å². The Morgan fingerprint density at radius 1 is 1.25 bits per heavy atom. The minimum absolute atomic E-state index is 0.0736. The summed E-state index contributed by atoms with van der Waals surface area (Å²) in [4.78, 5) is 12.7. The Kier molecular flexibility index (Phi) is 3.45. The van der Waals surface area contributed by atoms with E-state index in [2.05, 4.69) is 0 Å². The van der Waals surface area contributed by atoms with Crippen molar-refractivity contribution in [3.05, 3.63) is 69.1 Å². The molecule has 0 amide bonds. The van der Waals surface area contributed by atoms with E-state index in [4.69, 9.17) is 5.73 Å². The second-order valence-electron chi connectivity index (χ2n) is 5.36. The zero-order valence-corrected chi connectivity index (χ0v) is 11.8. The molecule has 1 aromatic carbocycles. The second kappa shape index (κ2) is 5.25. The lowest BCUT2D eigenvalue weighted by Gasteiger charge is -2.17. The summed E-state index contributed by atoms with van der Waals surface area (Å²) in [5, 5.41) is 0. The van der Waals surface area contributed by atoms with Crippen LogP contribution in [0.25, 0.3) is 0 Å². The van der Waals surface area contributed by atoms with E-state index in [9.17, 15) is 4.79 Å². The van der Waals surface area contributed by atoms with Crippen molar-refractivity contribution in [2.75, 3.05) is 0 Å². The molecule has 0 aliphatic heterocycles. The summed E-state index contributed by atoms with van der Waals surface area (Å²) in [7, 11) is 0. The van der Waals surface area contributed by atoms with Gasteiger partial charge >= 0.3 is 0 Å². The Morgan fingerprint density at radius 3 is 2.70 bits per heavy atom. The molecule has 3 heteroatoms. The van der Waals surface area contributed by atoms with Crippen molar-refractivity contribution in [3.63, 3.8) is 0 Å². The summed E-state index contributed by atoms with van der Waals surface area (Å²) in [5.41, 5.74) is 10.6. The van der Waals surface area contributed by atoms with Gasteiger partial charge in [0, 0.05) is 17.8 Å². The van der Waals surface area contributed by atoms with Gasteiger partial charge in [-0.15, -0.1) is 0 Å². The summed E-state index contributed by atoms with van der Waals surface area (Å²) >= 11 is 0. The van der Waals surface area contributed by atoms with Crippen LogP contribution >= 0.6 is 0 Å². The van der Waals surface area contributed by atoms with Gasteiger partial charge in [0.05, 0.1) is 6.04 Å². The number of nitrogens with zero attached hydrogens (tertiary/aromatic N) is 1. The maximum absolute atomic E-state index is 12.7. The smallest absolute Gasteiger partial charge is 0.255 e. The fourth-order valence-electron chi connectivity index (χ4n) is 3.14. The third-order valence-electron chi connectivity index (χ3n) is 4.19. The number of aryl methyl sites for hydroxylation is 1. The minimum Gasteiger partial charge on any atom is -0.320 e. The van der Waals surface area contributed by atoms with E-state index < -0.39 is 0 Å². The molecule has 0 spiro atoms. The summed E-state index contributed by atoms with van der Waals surface area (Å²) in [6.07, 6.45) is 3.21. The van der Waals surface area contributed by atoms with Crippen molar-refractivity contribution in [3.8, 4) is 0 Å². The van der Waals surface area contributed by atoms with E-state index in [1.165, 1.54) is 11.3 Å². The summed E-state index contributed by atoms with van der Waals surface area (Å²) in [6, 6.07) is 11.5. The quantitative estimate of drug-likeness (QED) is 0.929. The number of fused-ring (bicyclic) bond motifs is 1. The highest BCUT2D eigenvalue weighted by Crippen LogP contribution is 2.25. The molecule has 1 unspecified atom stereocenters. The van der Waals surface area contributed by atoms with Gasteiger partial charge in [-0.3, -0.25) is 4.79 Å². The molecule has 20 heavy (non-hydrogen) atoms. The lowest BCUT2D eigenvalue weighted by atomic mass is 9.99. The highest BCUT2D eigenvalue weighted by Gasteiger charge is 2.21. The van der Waals surface area contributed by atoms with Gasteiger partial charge in [-0.05, 0) is 43.4 Å². The third kappa shape index (κ3) is 2.08. The van der Waals surface area contributed by atoms with Crippen molar-refractivity contribution < 1.29 is 0 Å². The van der Waals surface area contributed by atoms with Crippen LogP contribution in [0.2, 0.25) is 0 Å². The first-order valence-corrected chi connectivity index (χ1v) is 7.28. The van der Waals surface area contributed by atoms with Crippen LogP contribution in [0.5, 0.6) is 0 Å². The minimum atomic E-state index is -0.340. The lowest BCUT2D eigenvalue weighted by Crippen LogP contribution is -2.30. The molecular formula is C17H20N2O. The van der Waals surface area contributed by atoms with Crippen LogP contribution in [-0.4, -0.2) is 4.57 Å². The number of rotatable bonds is 3. The van der Waals surface area contributed by atoms with E-state index in [-0.39, 0.29) is 11.6 Å². The molecule has 0 bridgehead atoms. The Hall–Kier alpha value is -1.87. The topological polar surface area (TPSA) is 48.0 Å². The molecule has 104 valence electrons. The van der Waals surface area contributed by atoms with Crippen molar-refractivity contribution in [1.82, 2.24) is 4.57 Å². The molecule has 1 atom stereocenters. The van der Waals surface area contributed by atoms with Gasteiger partial charge in [0.2, 0.25) is 0 Å². The number of aromatic nitrogens is 1. The zero-order valence-electron chi connectivity index (χ0n) is 11.8. The standard InChI is InChI=1S/C17H20N2O/c1-2-19-15-10-6-9-13(15)11-14(17(19)20)16(18)12-7-4-3-5-8-12/h3-5,7-8,11,16H,2,6,9-10,18H2,1H3. The van der Waals surface area contributed by atoms with Crippen molar-refractivity contribution in [1.29, 1.82) is 0 Å². The van der Waals surface area contributed by atoms with Gasteiger partial charge in [-0.2, -0.15) is 0 Å². The highest BCUT2D eigenvalue weighted by molar-refractivity contribution is 5.36. The fourth-order valence-corrected chi connectivity index (χ4v) is 3.14. The van der Waals surface area contributed by atoms with Crippen LogP contribution in [0.3, 0.4) is 0 Å². The summed E-state index contributed by atoms with van der Waals surface area (Å²) in [5.74, 6) is 0. The normalized spacial score (nSPS) is 15.1.